The Balaban J connectivity index is 1.13. The summed E-state index contributed by atoms with van der Waals surface area (Å²) < 4.78 is 58.1. The number of rotatable bonds is 5. The van der Waals surface area contributed by atoms with Crippen molar-refractivity contribution in [2.75, 3.05) is 52.6 Å². The van der Waals surface area contributed by atoms with Crippen LogP contribution in [0.3, 0.4) is 0 Å². The van der Waals surface area contributed by atoms with Crippen LogP contribution in [0.25, 0.3) is 0 Å². The smallest absolute Gasteiger partial charge is 0.410 e. The quantitative estimate of drug-likeness (QED) is 0.364. The number of carbonyl (C=O) groups is 5. The van der Waals surface area contributed by atoms with Crippen LogP contribution < -0.4 is 24.8 Å². The Hall–Kier alpha value is -4.84. The number of hydrogen-bond acceptors (Lipinski definition) is 12. The number of hydrogen-bond donors (Lipinski definition) is 3. The zero-order valence-corrected chi connectivity index (χ0v) is 34.6. The van der Waals surface area contributed by atoms with Crippen molar-refractivity contribution < 1.29 is 56.1 Å². The highest BCUT2D eigenvalue weighted by atomic mass is 32.2. The van der Waals surface area contributed by atoms with Gasteiger partial charge in [-0.15, -0.1) is 5.73 Å². The maximum atomic E-state index is 14.5. The first-order valence-electron chi connectivity index (χ1n) is 20.4. The second kappa shape index (κ2) is 17.4. The molecule has 2 saturated heterocycles. The third kappa shape index (κ3) is 9.97. The van der Waals surface area contributed by atoms with Crippen LogP contribution >= 0.6 is 0 Å². The highest BCUT2D eigenvalue weighted by Gasteiger charge is 2.62. The number of fused-ring (bicyclic) bond motifs is 4. The zero-order valence-electron chi connectivity index (χ0n) is 33.8. The molecule has 59 heavy (non-hydrogen) atoms. The minimum Gasteiger partial charge on any atom is -0.486 e. The Kier molecular flexibility index (Phi) is 12.5. The fourth-order valence-corrected chi connectivity index (χ4v) is 9.28. The van der Waals surface area contributed by atoms with E-state index in [1.165, 1.54) is 4.90 Å². The summed E-state index contributed by atoms with van der Waals surface area (Å²) in [7, 11) is -4.28. The number of ether oxygens (including phenoxy) is 5. The number of carbonyl (C=O) groups excluding carboxylic acids is 5. The highest BCUT2D eigenvalue weighted by molar-refractivity contribution is 7.87. The Morgan fingerprint density at radius 1 is 0.983 bits per heavy atom. The Labute approximate surface area is 344 Å². The molecule has 0 spiro atoms. The van der Waals surface area contributed by atoms with E-state index in [-0.39, 0.29) is 58.7 Å². The molecule has 5 amide bonds. The first-order chi connectivity index (χ1) is 28.1. The maximum absolute atomic E-state index is 14.5. The molecule has 322 valence electrons. The predicted molar refractivity (Wildman–Crippen MR) is 209 cm³/mol. The van der Waals surface area contributed by atoms with Gasteiger partial charge in [0.05, 0.1) is 19.8 Å². The standard InChI is InChI=1S/C40H54N6O12S/c1-39(2,3)58-37(50)41-30-11-9-7-5-4-6-8-10-28-23-40(28,36(49)43-59(52,53)45-14-16-54-17-15-45)42-34(47)31-22-29(25-46(31)35(30)48)57-38(51)44-13-12-26-20-32-33(21-27(26)24-44)56-19-18-55-32/h6,10,20-21,28-31H,4-5,7,9,11-19,22-25H2,1-3H3,(H,41,50)(H,42,47)(H,43,49)/t8?,28-,29-,30+,31+,40-/m1/s1. The molecule has 1 aromatic rings. The second-order valence-electron chi connectivity index (χ2n) is 16.8. The molecule has 1 aromatic carbocycles. The van der Waals surface area contributed by atoms with E-state index < -0.39 is 75.4 Å². The van der Waals surface area contributed by atoms with Gasteiger partial charge < -0.3 is 44.1 Å². The second-order valence-corrected chi connectivity index (χ2v) is 18.4. The molecule has 5 heterocycles. The van der Waals surface area contributed by atoms with E-state index in [1.807, 2.05) is 18.2 Å². The monoisotopic (exact) mass is 842 g/mol. The lowest BCUT2D eigenvalue weighted by Gasteiger charge is -2.31. The number of nitrogens with one attached hydrogen (secondary N) is 3. The fourth-order valence-electron chi connectivity index (χ4n) is 8.10. The summed E-state index contributed by atoms with van der Waals surface area (Å²) in [4.78, 5) is 72.5. The highest BCUT2D eigenvalue weighted by Crippen LogP contribution is 2.45. The molecule has 5 atom stereocenters. The van der Waals surface area contributed by atoms with E-state index in [9.17, 15) is 32.4 Å². The van der Waals surface area contributed by atoms with Crippen molar-refractivity contribution in [1.29, 1.82) is 0 Å². The molecule has 1 aliphatic carbocycles. The van der Waals surface area contributed by atoms with Gasteiger partial charge in [-0.2, -0.15) is 12.7 Å². The molecular weight excluding hydrogens is 789 g/mol. The number of benzene rings is 1. The van der Waals surface area contributed by atoms with Gasteiger partial charge in [-0.25, -0.2) is 14.3 Å². The summed E-state index contributed by atoms with van der Waals surface area (Å²) in [5, 5.41) is 5.51. The zero-order chi connectivity index (χ0) is 42.0. The third-order valence-electron chi connectivity index (χ3n) is 11.3. The summed E-state index contributed by atoms with van der Waals surface area (Å²) in [5.74, 6) is -1.57. The average Bonchev–Trinajstić information content (AvgIpc) is 3.73. The first-order valence-corrected chi connectivity index (χ1v) is 21.9. The number of nitrogens with zero attached hydrogens (tertiary/aromatic N) is 3. The third-order valence-corrected chi connectivity index (χ3v) is 12.8. The van der Waals surface area contributed by atoms with Gasteiger partial charge in [-0.3, -0.25) is 14.4 Å². The minimum atomic E-state index is -4.28. The number of alkyl carbamates (subject to hydrolysis) is 1. The summed E-state index contributed by atoms with van der Waals surface area (Å²) >= 11 is 0. The normalized spacial score (nSPS) is 27.7. The molecule has 3 N–H and O–H groups in total. The van der Waals surface area contributed by atoms with Gasteiger partial charge in [-0.05, 0) is 88.3 Å². The van der Waals surface area contributed by atoms with Crippen molar-refractivity contribution in [3.63, 3.8) is 0 Å². The van der Waals surface area contributed by atoms with Crippen molar-refractivity contribution in [1.82, 2.24) is 29.5 Å². The van der Waals surface area contributed by atoms with Crippen LogP contribution in [0, 0.1) is 5.92 Å². The van der Waals surface area contributed by atoms with Gasteiger partial charge in [0, 0.05) is 38.5 Å². The van der Waals surface area contributed by atoms with Crippen LogP contribution in [-0.2, 0) is 51.8 Å². The van der Waals surface area contributed by atoms with Gasteiger partial charge in [-0.1, -0.05) is 12.8 Å². The molecule has 0 aromatic heterocycles. The lowest BCUT2D eigenvalue weighted by molar-refractivity contribution is -0.141. The molecule has 6 aliphatic rings. The molecule has 0 unspecified atom stereocenters. The van der Waals surface area contributed by atoms with Crippen molar-refractivity contribution in [3.05, 3.63) is 41.1 Å². The van der Waals surface area contributed by atoms with E-state index in [2.05, 4.69) is 21.1 Å². The SMILES string of the molecule is CC(C)(C)OC(=O)N[C@H]1CCCCCC=C=C[C@@H]2C[C@@]2(C(=O)NS(=O)(=O)N2CCOCC2)NC(=O)[C@@H]2C[C@@H](OC(=O)N3CCc4cc5c(cc4C3)OCCO5)CN2C1=O. The van der Waals surface area contributed by atoms with E-state index in [0.717, 1.165) is 28.3 Å². The largest absolute Gasteiger partial charge is 0.486 e. The summed E-state index contributed by atoms with van der Waals surface area (Å²) in [5.41, 5.74) is 2.51. The molecule has 3 fully saturated rings. The van der Waals surface area contributed by atoms with E-state index >= 15 is 0 Å². The predicted octanol–water partition coefficient (Wildman–Crippen LogP) is 2.06. The van der Waals surface area contributed by atoms with Crippen LogP contribution in [0.1, 0.15) is 76.8 Å². The van der Waals surface area contributed by atoms with Crippen molar-refractivity contribution >= 4 is 40.1 Å². The molecule has 0 radical (unpaired) electrons. The number of morpholine rings is 1. The summed E-state index contributed by atoms with van der Waals surface area (Å²) in [6.45, 7) is 6.89. The van der Waals surface area contributed by atoms with Crippen molar-refractivity contribution in [2.24, 2.45) is 5.92 Å². The lowest BCUT2D eigenvalue weighted by Crippen LogP contribution is -2.59. The molecule has 19 heteroatoms. The van der Waals surface area contributed by atoms with Crippen molar-refractivity contribution in [3.8, 4) is 11.5 Å². The minimum absolute atomic E-state index is 0.0566. The average molecular weight is 843 g/mol. The van der Waals surface area contributed by atoms with Gasteiger partial charge >= 0.3 is 22.4 Å². The molecule has 7 rings (SSSR count). The van der Waals surface area contributed by atoms with Gasteiger partial charge in [0.1, 0.15) is 42.5 Å². The summed E-state index contributed by atoms with van der Waals surface area (Å²) in [6, 6.07) is 1.47. The van der Waals surface area contributed by atoms with Crippen LogP contribution in [0.5, 0.6) is 11.5 Å². The van der Waals surface area contributed by atoms with Gasteiger partial charge in [0.15, 0.2) is 11.5 Å². The van der Waals surface area contributed by atoms with E-state index in [1.54, 1.807) is 31.7 Å². The summed E-state index contributed by atoms with van der Waals surface area (Å²) in [6.07, 6.45) is 4.57. The lowest BCUT2D eigenvalue weighted by atomic mass is 9.99. The topological polar surface area (TPSA) is 211 Å². The van der Waals surface area contributed by atoms with Crippen LogP contribution in [0.2, 0.25) is 0 Å². The Morgan fingerprint density at radius 3 is 2.44 bits per heavy atom. The van der Waals surface area contributed by atoms with Crippen LogP contribution in [0.4, 0.5) is 9.59 Å². The Morgan fingerprint density at radius 2 is 1.71 bits per heavy atom. The van der Waals surface area contributed by atoms with E-state index in [4.69, 9.17) is 23.7 Å². The van der Waals surface area contributed by atoms with E-state index in [0.29, 0.717) is 50.5 Å². The fraction of sp³-hybridized carbons (Fsp3) is 0.650. The Bertz CT molecular complexity index is 1990. The maximum Gasteiger partial charge on any atom is 0.410 e. The van der Waals surface area contributed by atoms with Crippen LogP contribution in [-0.4, -0.2) is 134 Å². The van der Waals surface area contributed by atoms with Gasteiger partial charge in [0.25, 0.3) is 5.91 Å². The molecule has 18 nitrogen and oxygen atoms in total. The molecule has 5 aliphatic heterocycles. The first kappa shape index (κ1) is 42.3. The molecule has 1 saturated carbocycles. The molecule has 0 bridgehead atoms. The van der Waals surface area contributed by atoms with Gasteiger partial charge in [0.2, 0.25) is 11.8 Å². The van der Waals surface area contributed by atoms with Crippen LogP contribution in [0.15, 0.2) is 30.0 Å². The van der Waals surface area contributed by atoms with Crippen molar-refractivity contribution in [2.45, 2.75) is 108 Å². The number of amides is 5. The molecular formula is C40H54N6O12S.